The van der Waals surface area contributed by atoms with Gasteiger partial charge in [0.1, 0.15) is 0 Å². The van der Waals surface area contributed by atoms with E-state index in [1.54, 1.807) is 19.1 Å². The van der Waals surface area contributed by atoms with Crippen molar-refractivity contribution in [1.82, 2.24) is 0 Å². The second kappa shape index (κ2) is 5.93. The molecule has 0 saturated carbocycles. The van der Waals surface area contributed by atoms with Crippen LogP contribution >= 0.6 is 27.7 Å². The highest BCUT2D eigenvalue weighted by Crippen LogP contribution is 2.32. The standard InChI is InChI=1S/C12H15BrN2O2S/c1-8-5-10(13)11(6-12(8)15(16)17)14-9-3-2-4-18-7-9/h5-6,9,14H,2-4,7H2,1H3. The average molecular weight is 331 g/mol. The Morgan fingerprint density at radius 2 is 2.33 bits per heavy atom. The Kier molecular flexibility index (Phi) is 4.50. The fourth-order valence-corrected chi connectivity index (χ4v) is 3.69. The fraction of sp³-hybridized carbons (Fsp3) is 0.500. The molecular formula is C12H15BrN2O2S. The highest BCUT2D eigenvalue weighted by molar-refractivity contribution is 9.10. The summed E-state index contributed by atoms with van der Waals surface area (Å²) in [6, 6.07) is 3.83. The van der Waals surface area contributed by atoms with Crippen molar-refractivity contribution in [3.8, 4) is 0 Å². The van der Waals surface area contributed by atoms with Gasteiger partial charge >= 0.3 is 0 Å². The van der Waals surface area contributed by atoms with Crippen molar-refractivity contribution < 1.29 is 4.92 Å². The lowest BCUT2D eigenvalue weighted by molar-refractivity contribution is -0.385. The maximum absolute atomic E-state index is 10.9. The number of hydrogen-bond donors (Lipinski definition) is 1. The predicted molar refractivity (Wildman–Crippen MR) is 79.5 cm³/mol. The van der Waals surface area contributed by atoms with Crippen LogP contribution in [-0.4, -0.2) is 22.5 Å². The molecule has 1 N–H and O–H groups in total. The molecule has 0 aliphatic carbocycles. The molecule has 1 aliphatic rings. The minimum Gasteiger partial charge on any atom is -0.380 e. The zero-order chi connectivity index (χ0) is 13.1. The maximum Gasteiger partial charge on any atom is 0.274 e. The summed E-state index contributed by atoms with van der Waals surface area (Å²) in [6.45, 7) is 1.75. The maximum atomic E-state index is 10.9. The third-order valence-corrected chi connectivity index (χ3v) is 4.87. The smallest absolute Gasteiger partial charge is 0.274 e. The summed E-state index contributed by atoms with van der Waals surface area (Å²) in [5, 5.41) is 14.3. The molecule has 1 fully saturated rings. The zero-order valence-corrected chi connectivity index (χ0v) is 12.5. The van der Waals surface area contributed by atoms with E-state index in [-0.39, 0.29) is 10.6 Å². The van der Waals surface area contributed by atoms with Crippen LogP contribution in [0.2, 0.25) is 0 Å². The summed E-state index contributed by atoms with van der Waals surface area (Å²) in [5.74, 6) is 2.28. The SMILES string of the molecule is Cc1cc(Br)c(NC2CCCSC2)cc1[N+](=O)[O-]. The second-order valence-electron chi connectivity index (χ2n) is 4.43. The number of rotatable bonds is 3. The number of nitro groups is 1. The molecule has 0 spiro atoms. The monoisotopic (exact) mass is 330 g/mol. The molecule has 1 unspecified atom stereocenters. The summed E-state index contributed by atoms with van der Waals surface area (Å²) in [4.78, 5) is 10.6. The first kappa shape index (κ1) is 13.7. The van der Waals surface area contributed by atoms with E-state index in [9.17, 15) is 10.1 Å². The van der Waals surface area contributed by atoms with Crippen LogP contribution in [-0.2, 0) is 0 Å². The normalized spacial score (nSPS) is 19.6. The minimum absolute atomic E-state index is 0.171. The van der Waals surface area contributed by atoms with Gasteiger partial charge in [-0.1, -0.05) is 0 Å². The number of anilines is 1. The molecule has 1 heterocycles. The summed E-state index contributed by atoms with van der Waals surface area (Å²) < 4.78 is 0.890. The molecular weight excluding hydrogens is 316 g/mol. The summed E-state index contributed by atoms with van der Waals surface area (Å²) in [6.07, 6.45) is 2.33. The summed E-state index contributed by atoms with van der Waals surface area (Å²) in [7, 11) is 0. The molecule has 1 saturated heterocycles. The molecule has 18 heavy (non-hydrogen) atoms. The Hall–Kier alpha value is -0.750. The van der Waals surface area contributed by atoms with E-state index in [1.807, 2.05) is 11.8 Å². The van der Waals surface area contributed by atoms with Gasteiger partial charge in [-0.2, -0.15) is 11.8 Å². The number of aryl methyl sites for hydroxylation is 1. The number of nitrogens with zero attached hydrogens (tertiary/aromatic N) is 1. The summed E-state index contributed by atoms with van der Waals surface area (Å²) in [5.41, 5.74) is 1.67. The molecule has 98 valence electrons. The Labute approximate surface area is 119 Å². The minimum atomic E-state index is -0.331. The van der Waals surface area contributed by atoms with Crippen LogP contribution in [0.4, 0.5) is 11.4 Å². The molecule has 0 aromatic heterocycles. The molecule has 0 radical (unpaired) electrons. The van der Waals surface area contributed by atoms with Gasteiger partial charge in [0, 0.05) is 27.9 Å². The molecule has 1 aromatic rings. The van der Waals surface area contributed by atoms with Crippen LogP contribution in [0.5, 0.6) is 0 Å². The predicted octanol–water partition coefficient (Wildman–Crippen LogP) is 3.97. The number of nitro benzene ring substituents is 1. The van der Waals surface area contributed by atoms with Crippen LogP contribution in [0.15, 0.2) is 16.6 Å². The Bertz CT molecular complexity index is 462. The van der Waals surface area contributed by atoms with Gasteiger partial charge in [0.2, 0.25) is 0 Å². The lowest BCUT2D eigenvalue weighted by Crippen LogP contribution is -2.25. The number of halogens is 1. The topological polar surface area (TPSA) is 55.2 Å². The molecule has 1 atom stereocenters. The molecule has 6 heteroatoms. The van der Waals surface area contributed by atoms with Crippen LogP contribution in [0.25, 0.3) is 0 Å². The zero-order valence-electron chi connectivity index (χ0n) is 10.1. The van der Waals surface area contributed by atoms with Crippen molar-refractivity contribution in [3.05, 3.63) is 32.3 Å². The molecule has 0 amide bonds. The van der Waals surface area contributed by atoms with Gasteiger partial charge in [-0.3, -0.25) is 10.1 Å². The van der Waals surface area contributed by atoms with Crippen LogP contribution in [0.3, 0.4) is 0 Å². The molecule has 0 bridgehead atoms. The van der Waals surface area contributed by atoms with Crippen LogP contribution in [0.1, 0.15) is 18.4 Å². The molecule has 4 nitrogen and oxygen atoms in total. The van der Waals surface area contributed by atoms with Gasteiger partial charge < -0.3 is 5.32 Å². The van der Waals surface area contributed by atoms with E-state index in [0.717, 1.165) is 22.3 Å². The third kappa shape index (κ3) is 3.17. The van der Waals surface area contributed by atoms with Gasteiger partial charge in [0.05, 0.1) is 10.6 Å². The second-order valence-corrected chi connectivity index (χ2v) is 6.44. The van der Waals surface area contributed by atoms with E-state index in [0.29, 0.717) is 11.6 Å². The van der Waals surface area contributed by atoms with Gasteiger partial charge in [-0.05, 0) is 47.5 Å². The fourth-order valence-electron chi connectivity index (χ4n) is 2.04. The van der Waals surface area contributed by atoms with E-state index < -0.39 is 0 Å². The van der Waals surface area contributed by atoms with E-state index in [4.69, 9.17) is 0 Å². The lowest BCUT2D eigenvalue weighted by Gasteiger charge is -2.24. The highest BCUT2D eigenvalue weighted by atomic mass is 79.9. The van der Waals surface area contributed by atoms with E-state index in [1.165, 1.54) is 12.2 Å². The van der Waals surface area contributed by atoms with Gasteiger partial charge in [0.15, 0.2) is 0 Å². The largest absolute Gasteiger partial charge is 0.380 e. The highest BCUT2D eigenvalue weighted by Gasteiger charge is 2.18. The number of nitrogens with one attached hydrogen (secondary N) is 1. The van der Waals surface area contributed by atoms with E-state index in [2.05, 4.69) is 21.2 Å². The molecule has 1 aliphatic heterocycles. The van der Waals surface area contributed by atoms with Crippen LogP contribution < -0.4 is 5.32 Å². The van der Waals surface area contributed by atoms with Crippen LogP contribution in [0, 0.1) is 17.0 Å². The molecule has 2 rings (SSSR count). The van der Waals surface area contributed by atoms with Crippen molar-refractivity contribution in [2.24, 2.45) is 0 Å². The summed E-state index contributed by atoms with van der Waals surface area (Å²) >= 11 is 5.40. The van der Waals surface area contributed by atoms with Crippen molar-refractivity contribution in [2.75, 3.05) is 16.8 Å². The van der Waals surface area contributed by atoms with Gasteiger partial charge in [0.25, 0.3) is 5.69 Å². The first-order chi connectivity index (χ1) is 8.58. The number of hydrogen-bond acceptors (Lipinski definition) is 4. The first-order valence-corrected chi connectivity index (χ1v) is 7.81. The first-order valence-electron chi connectivity index (χ1n) is 5.86. The Morgan fingerprint density at radius 3 is 2.94 bits per heavy atom. The Morgan fingerprint density at radius 1 is 1.56 bits per heavy atom. The van der Waals surface area contributed by atoms with Crippen molar-refractivity contribution in [1.29, 1.82) is 0 Å². The van der Waals surface area contributed by atoms with E-state index >= 15 is 0 Å². The lowest BCUT2D eigenvalue weighted by atomic mass is 10.1. The van der Waals surface area contributed by atoms with Crippen molar-refractivity contribution >= 4 is 39.1 Å². The molecule has 1 aromatic carbocycles. The van der Waals surface area contributed by atoms with Gasteiger partial charge in [-0.25, -0.2) is 0 Å². The number of benzene rings is 1. The number of thioether (sulfide) groups is 1. The van der Waals surface area contributed by atoms with Crippen molar-refractivity contribution in [2.45, 2.75) is 25.8 Å². The third-order valence-electron chi connectivity index (χ3n) is 3.00. The van der Waals surface area contributed by atoms with Crippen molar-refractivity contribution in [3.63, 3.8) is 0 Å². The average Bonchev–Trinajstić information content (AvgIpc) is 2.33. The Balaban J connectivity index is 2.21. The van der Waals surface area contributed by atoms with Gasteiger partial charge in [-0.15, -0.1) is 0 Å². The quantitative estimate of drug-likeness (QED) is 0.672.